The topological polar surface area (TPSA) is 73.6 Å². The van der Waals surface area contributed by atoms with E-state index >= 15 is 0 Å². The van der Waals surface area contributed by atoms with Gasteiger partial charge in [-0.3, -0.25) is 0 Å². The van der Waals surface area contributed by atoms with Crippen LogP contribution in [0, 0.1) is 0 Å². The molecule has 5 heteroatoms. The van der Waals surface area contributed by atoms with Crippen molar-refractivity contribution < 1.29 is 14.3 Å². The van der Waals surface area contributed by atoms with Crippen molar-refractivity contribution in [2.24, 2.45) is 5.73 Å². The van der Waals surface area contributed by atoms with Crippen molar-refractivity contribution >= 4 is 6.09 Å². The fraction of sp³-hybridized carbons (Fsp3) is 0.462. The molecule has 1 saturated heterocycles. The Balaban J connectivity index is 1.69. The molecule has 3 N–H and O–H groups in total. The first-order chi connectivity index (χ1) is 8.68. The van der Waals surface area contributed by atoms with Gasteiger partial charge in [0.15, 0.2) is 0 Å². The number of hydrogen-bond donors (Lipinski definition) is 2. The lowest BCUT2D eigenvalue weighted by molar-refractivity contribution is 0.134. The van der Waals surface area contributed by atoms with Crippen LogP contribution < -0.4 is 11.1 Å². The van der Waals surface area contributed by atoms with Gasteiger partial charge in [-0.25, -0.2) is 4.79 Å². The number of rotatable bonds is 4. The molecule has 0 saturated carbocycles. The lowest BCUT2D eigenvalue weighted by Crippen LogP contribution is -2.50. The van der Waals surface area contributed by atoms with Crippen LogP contribution in [-0.2, 0) is 16.1 Å². The predicted octanol–water partition coefficient (Wildman–Crippen LogP) is 1.03. The number of nitrogens with one attached hydrogen (secondary N) is 1. The van der Waals surface area contributed by atoms with Gasteiger partial charge in [0.1, 0.15) is 6.61 Å². The second-order valence-corrected chi connectivity index (χ2v) is 4.58. The molecule has 1 heterocycles. The Morgan fingerprint density at radius 3 is 2.89 bits per heavy atom. The molecule has 1 aromatic carbocycles. The molecular weight excluding hydrogens is 232 g/mol. The molecule has 0 bridgehead atoms. The smallest absolute Gasteiger partial charge is 0.407 e. The van der Waals surface area contributed by atoms with Crippen molar-refractivity contribution in [3.8, 4) is 0 Å². The molecule has 0 spiro atoms. The van der Waals surface area contributed by atoms with Gasteiger partial charge >= 0.3 is 6.09 Å². The minimum atomic E-state index is -0.453. The number of benzene rings is 1. The highest BCUT2D eigenvalue weighted by Crippen LogP contribution is 2.13. The molecule has 1 amide bonds. The van der Waals surface area contributed by atoms with Crippen LogP contribution in [0.25, 0.3) is 0 Å². The minimum absolute atomic E-state index is 0.265. The molecule has 0 radical (unpaired) electrons. The molecule has 98 valence electrons. The van der Waals surface area contributed by atoms with E-state index in [2.05, 4.69) is 5.32 Å². The standard InChI is InChI=1S/C13H18N2O3/c14-13(6-7-17-10-13)9-15-12(16)18-8-11-4-2-1-3-5-11/h1-5H,6-10,14H2,(H,15,16). The molecular formula is C13H18N2O3. The second kappa shape index (κ2) is 5.84. The third-order valence-corrected chi connectivity index (χ3v) is 2.93. The SMILES string of the molecule is NC1(CNC(=O)OCc2ccccc2)CCOC1. The van der Waals surface area contributed by atoms with Crippen LogP contribution in [0.4, 0.5) is 4.79 Å². The summed E-state index contributed by atoms with van der Waals surface area (Å²) in [6.07, 6.45) is 0.307. The molecule has 0 aromatic heterocycles. The molecule has 1 unspecified atom stereocenters. The average molecular weight is 250 g/mol. The summed E-state index contributed by atoms with van der Waals surface area (Å²) in [5.74, 6) is 0. The van der Waals surface area contributed by atoms with E-state index in [1.165, 1.54) is 0 Å². The van der Waals surface area contributed by atoms with Gasteiger partial charge in [0.2, 0.25) is 0 Å². The van der Waals surface area contributed by atoms with Crippen molar-refractivity contribution in [1.29, 1.82) is 0 Å². The summed E-state index contributed by atoms with van der Waals surface area (Å²) in [5.41, 5.74) is 6.52. The summed E-state index contributed by atoms with van der Waals surface area (Å²) >= 11 is 0. The first kappa shape index (κ1) is 12.9. The first-order valence-corrected chi connectivity index (χ1v) is 5.99. The highest BCUT2D eigenvalue weighted by Gasteiger charge is 2.30. The van der Waals surface area contributed by atoms with E-state index in [1.807, 2.05) is 30.3 Å². The van der Waals surface area contributed by atoms with E-state index in [0.717, 1.165) is 12.0 Å². The Labute approximate surface area is 106 Å². The number of alkyl carbamates (subject to hydrolysis) is 1. The Kier molecular flexibility index (Phi) is 4.17. The Hall–Kier alpha value is -1.59. The van der Waals surface area contributed by atoms with E-state index in [0.29, 0.717) is 19.8 Å². The minimum Gasteiger partial charge on any atom is -0.445 e. The zero-order valence-corrected chi connectivity index (χ0v) is 10.2. The summed E-state index contributed by atoms with van der Waals surface area (Å²) in [7, 11) is 0. The van der Waals surface area contributed by atoms with Gasteiger partial charge in [0, 0.05) is 13.2 Å². The van der Waals surface area contributed by atoms with Gasteiger partial charge in [-0.15, -0.1) is 0 Å². The fourth-order valence-corrected chi connectivity index (χ4v) is 1.78. The van der Waals surface area contributed by atoms with Gasteiger partial charge in [0.25, 0.3) is 0 Å². The zero-order valence-electron chi connectivity index (χ0n) is 10.2. The van der Waals surface area contributed by atoms with Crippen LogP contribution in [0.1, 0.15) is 12.0 Å². The molecule has 1 aliphatic heterocycles. The normalized spacial score (nSPS) is 22.7. The Morgan fingerprint density at radius 2 is 2.22 bits per heavy atom. The van der Waals surface area contributed by atoms with Crippen LogP contribution in [-0.4, -0.2) is 31.4 Å². The van der Waals surface area contributed by atoms with Crippen LogP contribution in [0.15, 0.2) is 30.3 Å². The number of nitrogens with two attached hydrogens (primary N) is 1. The third kappa shape index (κ3) is 3.72. The van der Waals surface area contributed by atoms with Gasteiger partial charge < -0.3 is 20.5 Å². The van der Waals surface area contributed by atoms with E-state index in [1.54, 1.807) is 0 Å². The van der Waals surface area contributed by atoms with Crippen molar-refractivity contribution in [3.63, 3.8) is 0 Å². The molecule has 1 aromatic rings. The van der Waals surface area contributed by atoms with E-state index in [-0.39, 0.29) is 6.61 Å². The highest BCUT2D eigenvalue weighted by molar-refractivity contribution is 5.67. The van der Waals surface area contributed by atoms with Crippen molar-refractivity contribution in [2.45, 2.75) is 18.6 Å². The summed E-state index contributed by atoms with van der Waals surface area (Å²) in [6.45, 7) is 1.77. The summed E-state index contributed by atoms with van der Waals surface area (Å²) < 4.78 is 10.3. The van der Waals surface area contributed by atoms with Gasteiger partial charge in [-0.2, -0.15) is 0 Å². The Morgan fingerprint density at radius 1 is 1.44 bits per heavy atom. The van der Waals surface area contributed by atoms with E-state index in [9.17, 15) is 4.79 Å². The van der Waals surface area contributed by atoms with Crippen LogP contribution >= 0.6 is 0 Å². The molecule has 1 aliphatic rings. The van der Waals surface area contributed by atoms with Gasteiger partial charge in [-0.05, 0) is 12.0 Å². The van der Waals surface area contributed by atoms with Gasteiger partial charge in [0.05, 0.1) is 12.1 Å². The van der Waals surface area contributed by atoms with Crippen molar-refractivity contribution in [3.05, 3.63) is 35.9 Å². The maximum Gasteiger partial charge on any atom is 0.407 e. The maximum absolute atomic E-state index is 11.5. The largest absolute Gasteiger partial charge is 0.445 e. The zero-order chi connectivity index (χ0) is 12.8. The molecule has 1 atom stereocenters. The summed E-state index contributed by atoms with van der Waals surface area (Å²) in [4.78, 5) is 11.5. The van der Waals surface area contributed by atoms with Crippen LogP contribution in [0.5, 0.6) is 0 Å². The number of hydrogen-bond acceptors (Lipinski definition) is 4. The van der Waals surface area contributed by atoms with E-state index < -0.39 is 11.6 Å². The monoisotopic (exact) mass is 250 g/mol. The molecule has 18 heavy (non-hydrogen) atoms. The Bertz CT molecular complexity index is 388. The second-order valence-electron chi connectivity index (χ2n) is 4.58. The van der Waals surface area contributed by atoms with Crippen LogP contribution in [0.2, 0.25) is 0 Å². The lowest BCUT2D eigenvalue weighted by Gasteiger charge is -2.21. The van der Waals surface area contributed by atoms with Gasteiger partial charge in [-0.1, -0.05) is 30.3 Å². The highest BCUT2D eigenvalue weighted by atomic mass is 16.5. The molecule has 2 rings (SSSR count). The summed E-state index contributed by atoms with van der Waals surface area (Å²) in [5, 5.41) is 2.67. The number of amides is 1. The van der Waals surface area contributed by atoms with Crippen LogP contribution in [0.3, 0.4) is 0 Å². The summed E-state index contributed by atoms with van der Waals surface area (Å²) in [6, 6.07) is 9.54. The van der Waals surface area contributed by atoms with Crippen molar-refractivity contribution in [1.82, 2.24) is 5.32 Å². The third-order valence-electron chi connectivity index (χ3n) is 2.93. The quantitative estimate of drug-likeness (QED) is 0.837. The first-order valence-electron chi connectivity index (χ1n) is 5.99. The van der Waals surface area contributed by atoms with Crippen molar-refractivity contribution in [2.75, 3.05) is 19.8 Å². The number of carbonyl (C=O) groups excluding carboxylic acids is 1. The molecule has 0 aliphatic carbocycles. The maximum atomic E-state index is 11.5. The molecule has 5 nitrogen and oxygen atoms in total. The number of carbonyl (C=O) groups is 1. The average Bonchev–Trinajstić information content (AvgIpc) is 2.83. The predicted molar refractivity (Wildman–Crippen MR) is 67.0 cm³/mol. The van der Waals surface area contributed by atoms with E-state index in [4.69, 9.17) is 15.2 Å². The lowest BCUT2D eigenvalue weighted by atomic mass is 10.0. The number of ether oxygens (including phenoxy) is 2. The molecule has 1 fully saturated rings. The fourth-order valence-electron chi connectivity index (χ4n) is 1.78.